The van der Waals surface area contributed by atoms with E-state index in [0.717, 1.165) is 61.2 Å². The summed E-state index contributed by atoms with van der Waals surface area (Å²) in [6, 6.07) is 85.3. The highest BCUT2D eigenvalue weighted by atomic mass is 32.3. The maximum absolute atomic E-state index is 6.48. The van der Waals surface area contributed by atoms with Crippen molar-refractivity contribution in [1.82, 2.24) is 9.55 Å². The van der Waals surface area contributed by atoms with Crippen molar-refractivity contribution in [3.63, 3.8) is 0 Å². The maximum atomic E-state index is 6.48. The van der Waals surface area contributed by atoms with Gasteiger partial charge < -0.3 is 4.42 Å². The van der Waals surface area contributed by atoms with Crippen LogP contribution in [0.2, 0.25) is 0 Å². The third-order valence-corrected chi connectivity index (χ3v) is 18.3. The van der Waals surface area contributed by atoms with E-state index in [4.69, 9.17) is 9.40 Å². The van der Waals surface area contributed by atoms with Crippen LogP contribution in [0.15, 0.2) is 255 Å². The first-order valence-electron chi connectivity index (χ1n) is 24.4. The fraction of sp³-hybridized carbons (Fsp3) is 0.0597. The van der Waals surface area contributed by atoms with Crippen LogP contribution in [-0.4, -0.2) is 9.55 Å². The van der Waals surface area contributed by atoms with E-state index in [1.165, 1.54) is 74.5 Å². The van der Waals surface area contributed by atoms with Gasteiger partial charge in [0.15, 0.2) is 0 Å². The van der Waals surface area contributed by atoms with Crippen molar-refractivity contribution in [2.45, 2.75) is 47.3 Å². The molecule has 0 N–H and O–H groups in total. The largest absolute Gasteiger partial charge is 0.456 e. The van der Waals surface area contributed by atoms with Gasteiger partial charge in [-0.3, -0.25) is 4.57 Å². The molecule has 0 unspecified atom stereocenters. The molecule has 13 rings (SSSR count). The van der Waals surface area contributed by atoms with Gasteiger partial charge >= 0.3 is 0 Å². The third-order valence-electron chi connectivity index (χ3n) is 14.3. The summed E-state index contributed by atoms with van der Waals surface area (Å²) in [6.45, 7) is 8.78. The number of hydrogen-bond acceptors (Lipinski definition) is 2. The lowest BCUT2D eigenvalue weighted by Gasteiger charge is -2.44. The minimum atomic E-state index is -2.18. The zero-order valence-electron chi connectivity index (χ0n) is 40.2. The van der Waals surface area contributed by atoms with Crippen molar-refractivity contribution < 1.29 is 4.42 Å². The first-order valence-corrected chi connectivity index (χ1v) is 26.0. The van der Waals surface area contributed by atoms with E-state index >= 15 is 0 Å². The quantitative estimate of drug-likeness (QED) is 0.142. The Morgan fingerprint density at radius 1 is 0.380 bits per heavy atom. The number of para-hydroxylation sites is 1. The number of nitrogens with zero attached hydrogens (tertiary/aromatic N) is 2. The number of benzene rings is 11. The molecule has 4 heteroatoms. The normalized spacial score (nSPS) is 12.2. The van der Waals surface area contributed by atoms with Gasteiger partial charge in [0.1, 0.15) is 17.0 Å². The van der Waals surface area contributed by atoms with Crippen LogP contribution in [0.3, 0.4) is 0 Å². The van der Waals surface area contributed by atoms with Crippen LogP contribution in [0.5, 0.6) is 0 Å². The summed E-state index contributed by atoms with van der Waals surface area (Å²) in [5.74, 6) is 0.940. The van der Waals surface area contributed by atoms with E-state index in [9.17, 15) is 0 Å². The van der Waals surface area contributed by atoms with Gasteiger partial charge in [0.2, 0.25) is 0 Å². The van der Waals surface area contributed by atoms with E-state index in [0.29, 0.717) is 0 Å². The average molecular weight is 931 g/mol. The summed E-state index contributed by atoms with van der Waals surface area (Å²) in [6.07, 6.45) is 0. The van der Waals surface area contributed by atoms with Gasteiger partial charge in [-0.2, -0.15) is 0 Å². The second-order valence-corrected chi connectivity index (χ2v) is 22.1. The van der Waals surface area contributed by atoms with Gasteiger partial charge in [-0.05, 0) is 149 Å². The molecule has 13 aromatic rings. The smallest absolute Gasteiger partial charge is 0.145 e. The number of rotatable bonds is 8. The monoisotopic (exact) mass is 930 g/mol. The third kappa shape index (κ3) is 6.93. The van der Waals surface area contributed by atoms with Gasteiger partial charge in [-0.15, -0.1) is 10.0 Å². The van der Waals surface area contributed by atoms with Crippen molar-refractivity contribution >= 4 is 64.5 Å². The zero-order valence-corrected chi connectivity index (χ0v) is 41.0. The van der Waals surface area contributed by atoms with Crippen LogP contribution in [-0.2, 0) is 0 Å². The number of aromatic nitrogens is 2. The van der Waals surface area contributed by atoms with Gasteiger partial charge in [0.25, 0.3) is 0 Å². The molecule has 0 atom stereocenters. The summed E-state index contributed by atoms with van der Waals surface area (Å²) in [4.78, 5) is 10.4. The van der Waals surface area contributed by atoms with Gasteiger partial charge in [-0.25, -0.2) is 4.98 Å². The number of imidazole rings is 1. The Morgan fingerprint density at radius 3 is 1.73 bits per heavy atom. The second kappa shape index (κ2) is 16.9. The summed E-state index contributed by atoms with van der Waals surface area (Å²) in [5.41, 5.74) is 15.7. The van der Waals surface area contributed by atoms with Gasteiger partial charge in [0, 0.05) is 41.6 Å². The van der Waals surface area contributed by atoms with Crippen molar-refractivity contribution in [3.05, 3.63) is 253 Å². The predicted molar refractivity (Wildman–Crippen MR) is 299 cm³/mol. The summed E-state index contributed by atoms with van der Waals surface area (Å²) in [5, 5.41) is 7.26. The highest BCUT2D eigenvalue weighted by molar-refractivity contribution is 8.34. The molecular weight excluding hydrogens is 881 g/mol. The number of furan rings is 1. The molecule has 0 aliphatic heterocycles. The standard InChI is InChI=1S/C67H50N2OS/c1-43-28-35-57-59(38-43)64(48-31-29-47(30-32-48)50-19-16-20-51(41-50)69-61-40-45(3)37-46(4)65(61)68-67(69)49-17-8-5-9-18-49)56-34-27-44(2)39-60(56)66(57)71(52-21-10-6-11-22-52,53-23-12-7-13-24-53)54-33-36-63-58(42-54)55-25-14-15-26-62(55)70-63/h5-42H,1-4H3. The molecule has 0 bridgehead atoms. The van der Waals surface area contributed by atoms with E-state index in [2.05, 4.69) is 263 Å². The second-order valence-electron chi connectivity index (χ2n) is 19.0. The molecule has 0 saturated carbocycles. The molecule has 0 aliphatic carbocycles. The minimum Gasteiger partial charge on any atom is -0.456 e. The summed E-state index contributed by atoms with van der Waals surface area (Å²) in [7, 11) is -2.18. The molecule has 2 heterocycles. The topological polar surface area (TPSA) is 31.0 Å². The Bertz CT molecular complexity index is 4150. The van der Waals surface area contributed by atoms with Crippen LogP contribution in [0.25, 0.3) is 93.8 Å². The van der Waals surface area contributed by atoms with Crippen LogP contribution in [0.1, 0.15) is 22.3 Å². The number of fused-ring (bicyclic) bond motifs is 6. The lowest BCUT2D eigenvalue weighted by atomic mass is 9.89. The molecule has 0 radical (unpaired) electrons. The van der Waals surface area contributed by atoms with E-state index in [1.54, 1.807) is 0 Å². The lowest BCUT2D eigenvalue weighted by Crippen LogP contribution is -2.07. The van der Waals surface area contributed by atoms with Crippen LogP contribution < -0.4 is 0 Å². The van der Waals surface area contributed by atoms with E-state index < -0.39 is 10.0 Å². The molecule has 0 fully saturated rings. The summed E-state index contributed by atoms with van der Waals surface area (Å²) < 4.78 is 8.81. The maximum Gasteiger partial charge on any atom is 0.145 e. The molecule has 0 amide bonds. The Balaban J connectivity index is 1.04. The van der Waals surface area contributed by atoms with Crippen molar-refractivity contribution in [2.24, 2.45) is 0 Å². The number of aryl methyl sites for hydroxylation is 4. The predicted octanol–water partition coefficient (Wildman–Crippen LogP) is 18.8. The highest BCUT2D eigenvalue weighted by Crippen LogP contribution is 2.76. The molecular formula is C67H50N2OS. The first kappa shape index (κ1) is 42.6. The fourth-order valence-corrected chi connectivity index (χ4v) is 15.4. The van der Waals surface area contributed by atoms with Gasteiger partial charge in [0.05, 0.1) is 11.0 Å². The Kier molecular flexibility index (Phi) is 10.2. The van der Waals surface area contributed by atoms with Crippen LogP contribution >= 0.6 is 10.0 Å². The fourth-order valence-electron chi connectivity index (χ4n) is 11.2. The average Bonchev–Trinajstić information content (AvgIpc) is 3.99. The van der Waals surface area contributed by atoms with E-state index in [1.807, 2.05) is 0 Å². The molecule has 11 aromatic carbocycles. The molecule has 340 valence electrons. The molecule has 3 nitrogen and oxygen atoms in total. The minimum absolute atomic E-state index is 0.897. The van der Waals surface area contributed by atoms with Gasteiger partial charge in [-0.1, -0.05) is 175 Å². The summed E-state index contributed by atoms with van der Waals surface area (Å²) >= 11 is 0. The molecule has 0 saturated heterocycles. The van der Waals surface area contributed by atoms with E-state index in [-0.39, 0.29) is 0 Å². The molecule has 0 spiro atoms. The van der Waals surface area contributed by atoms with Crippen LogP contribution in [0.4, 0.5) is 0 Å². The number of hydrogen-bond donors (Lipinski definition) is 0. The molecule has 71 heavy (non-hydrogen) atoms. The van der Waals surface area contributed by atoms with Crippen molar-refractivity contribution in [1.29, 1.82) is 0 Å². The molecule has 2 aromatic heterocycles. The first-order chi connectivity index (χ1) is 34.8. The SMILES string of the molecule is Cc1ccc2c(S(c3ccccc3)(c3ccccc3)c3ccc4oc5ccccc5c4c3)c3cc(C)ccc3c(-c3ccc(-c4cccc(-n5c(-c6ccccc6)nc6c(C)cc(C)cc65)c4)cc3)c2c1. The highest BCUT2D eigenvalue weighted by Gasteiger charge is 2.37. The molecule has 0 aliphatic rings. The zero-order chi connectivity index (χ0) is 47.8. The van der Waals surface area contributed by atoms with Crippen molar-refractivity contribution in [2.75, 3.05) is 0 Å². The van der Waals surface area contributed by atoms with Crippen molar-refractivity contribution in [3.8, 4) is 39.3 Å². The Hall–Kier alpha value is -8.44. The Morgan fingerprint density at radius 2 is 1.00 bits per heavy atom. The van der Waals surface area contributed by atoms with Crippen LogP contribution in [0, 0.1) is 27.7 Å². The Labute approximate surface area is 415 Å². The lowest BCUT2D eigenvalue weighted by molar-refractivity contribution is 0.668.